The van der Waals surface area contributed by atoms with Crippen LogP contribution in [0.1, 0.15) is 28.4 Å². The van der Waals surface area contributed by atoms with Crippen molar-refractivity contribution in [3.8, 4) is 0 Å². The summed E-state index contributed by atoms with van der Waals surface area (Å²) in [6, 6.07) is 6.26. The third-order valence-electron chi connectivity index (χ3n) is 3.47. The lowest BCUT2D eigenvalue weighted by Gasteiger charge is -2.32. The van der Waals surface area contributed by atoms with E-state index >= 15 is 0 Å². The van der Waals surface area contributed by atoms with Crippen LogP contribution in [0, 0.1) is 6.92 Å². The highest BCUT2D eigenvalue weighted by Crippen LogP contribution is 2.14. The van der Waals surface area contributed by atoms with Crippen LogP contribution in [0.4, 0.5) is 0 Å². The zero-order valence-corrected chi connectivity index (χ0v) is 11.1. The summed E-state index contributed by atoms with van der Waals surface area (Å²) in [7, 11) is 0. The zero-order valence-electron chi connectivity index (χ0n) is 11.1. The summed E-state index contributed by atoms with van der Waals surface area (Å²) in [6.07, 6.45) is 0. The number of nitrogens with two attached hydrogens (primary N) is 1. The molecule has 4 heteroatoms. The number of hydrogen-bond donors (Lipinski definition) is 2. The van der Waals surface area contributed by atoms with Crippen molar-refractivity contribution in [2.45, 2.75) is 26.4 Å². The minimum absolute atomic E-state index is 0.361. The number of nitrogens with one attached hydrogen (secondary N) is 1. The number of piperazine rings is 1. The molecule has 0 saturated carbocycles. The minimum Gasteiger partial charge on any atom is -0.366 e. The van der Waals surface area contributed by atoms with Gasteiger partial charge in [0, 0.05) is 37.8 Å². The van der Waals surface area contributed by atoms with Gasteiger partial charge in [-0.15, -0.1) is 0 Å². The molecule has 1 amide bonds. The van der Waals surface area contributed by atoms with Gasteiger partial charge < -0.3 is 11.1 Å². The number of carbonyl (C=O) groups excluding carboxylic acids is 1. The largest absolute Gasteiger partial charge is 0.366 e. The van der Waals surface area contributed by atoms with E-state index in [0.717, 1.165) is 31.7 Å². The van der Waals surface area contributed by atoms with E-state index < -0.39 is 0 Å². The van der Waals surface area contributed by atoms with E-state index in [1.807, 2.05) is 25.1 Å². The summed E-state index contributed by atoms with van der Waals surface area (Å²) in [5.74, 6) is -0.361. The molecule has 1 fully saturated rings. The Morgan fingerprint density at radius 1 is 1.56 bits per heavy atom. The average Bonchev–Trinajstić information content (AvgIpc) is 2.31. The van der Waals surface area contributed by atoms with Crippen LogP contribution in [0.15, 0.2) is 18.2 Å². The average molecular weight is 247 g/mol. The van der Waals surface area contributed by atoms with Gasteiger partial charge in [-0.05, 0) is 37.1 Å². The van der Waals surface area contributed by atoms with Gasteiger partial charge in [-0.25, -0.2) is 0 Å². The summed E-state index contributed by atoms with van der Waals surface area (Å²) in [4.78, 5) is 13.5. The Balaban J connectivity index is 2.07. The predicted octanol–water partition coefficient (Wildman–Crippen LogP) is 0.888. The summed E-state index contributed by atoms with van der Waals surface area (Å²) in [5, 5.41) is 3.43. The molecule has 1 heterocycles. The molecule has 0 spiro atoms. The molecule has 0 aliphatic carbocycles. The highest BCUT2D eigenvalue weighted by atomic mass is 16.1. The van der Waals surface area contributed by atoms with Crippen molar-refractivity contribution in [1.29, 1.82) is 0 Å². The smallest absolute Gasteiger partial charge is 0.248 e. The monoisotopic (exact) mass is 247 g/mol. The fourth-order valence-corrected chi connectivity index (χ4v) is 2.42. The van der Waals surface area contributed by atoms with Crippen molar-refractivity contribution in [2.75, 3.05) is 19.6 Å². The van der Waals surface area contributed by atoms with Gasteiger partial charge in [-0.1, -0.05) is 6.07 Å². The lowest BCUT2D eigenvalue weighted by atomic mass is 10.0. The first-order valence-corrected chi connectivity index (χ1v) is 6.41. The van der Waals surface area contributed by atoms with Crippen LogP contribution < -0.4 is 11.1 Å². The van der Waals surface area contributed by atoms with E-state index in [1.54, 1.807) is 0 Å². The first-order chi connectivity index (χ1) is 8.56. The molecule has 1 aliphatic rings. The second-order valence-electron chi connectivity index (χ2n) is 5.10. The minimum atomic E-state index is -0.361. The first kappa shape index (κ1) is 13.1. The molecule has 2 rings (SSSR count). The normalized spacial score (nSPS) is 20.9. The number of nitrogens with zero attached hydrogens (tertiary/aromatic N) is 1. The second-order valence-corrected chi connectivity index (χ2v) is 5.10. The van der Waals surface area contributed by atoms with E-state index in [0.29, 0.717) is 11.6 Å². The molecule has 0 aromatic heterocycles. The Kier molecular flexibility index (Phi) is 3.99. The van der Waals surface area contributed by atoms with Gasteiger partial charge in [0.15, 0.2) is 0 Å². The Hall–Kier alpha value is -1.39. The van der Waals surface area contributed by atoms with Crippen LogP contribution in [0.2, 0.25) is 0 Å². The van der Waals surface area contributed by atoms with Crippen molar-refractivity contribution < 1.29 is 4.79 Å². The van der Waals surface area contributed by atoms with Gasteiger partial charge in [0.2, 0.25) is 5.91 Å². The van der Waals surface area contributed by atoms with Crippen molar-refractivity contribution in [2.24, 2.45) is 5.73 Å². The van der Waals surface area contributed by atoms with Crippen LogP contribution in [0.3, 0.4) is 0 Å². The summed E-state index contributed by atoms with van der Waals surface area (Å²) in [5.41, 5.74) is 8.27. The Morgan fingerprint density at radius 3 is 2.94 bits per heavy atom. The molecule has 18 heavy (non-hydrogen) atoms. The molecular formula is C14H21N3O. The molecular weight excluding hydrogens is 226 g/mol. The molecule has 1 atom stereocenters. The lowest BCUT2D eigenvalue weighted by molar-refractivity contribution is 0.1000. The van der Waals surface area contributed by atoms with Gasteiger partial charge >= 0.3 is 0 Å². The van der Waals surface area contributed by atoms with Crippen LogP contribution in [0.5, 0.6) is 0 Å². The standard InChI is InChI=1S/C14H21N3O/c1-10-7-12(14(15)18)3-4-13(10)9-17-6-5-16-11(2)8-17/h3-4,7,11,16H,5-6,8-9H2,1-2H3,(H2,15,18)/t11-/m0/s1. The van der Waals surface area contributed by atoms with E-state index in [4.69, 9.17) is 5.73 Å². The molecule has 4 nitrogen and oxygen atoms in total. The van der Waals surface area contributed by atoms with Gasteiger partial charge in [-0.3, -0.25) is 9.69 Å². The topological polar surface area (TPSA) is 58.4 Å². The van der Waals surface area contributed by atoms with E-state index in [9.17, 15) is 4.79 Å². The van der Waals surface area contributed by atoms with Gasteiger partial charge in [-0.2, -0.15) is 0 Å². The first-order valence-electron chi connectivity index (χ1n) is 6.41. The number of aryl methyl sites for hydroxylation is 1. The molecule has 1 aromatic carbocycles. The highest BCUT2D eigenvalue weighted by Gasteiger charge is 2.16. The summed E-state index contributed by atoms with van der Waals surface area (Å²) in [6.45, 7) is 8.36. The molecule has 1 aliphatic heterocycles. The number of amides is 1. The lowest BCUT2D eigenvalue weighted by Crippen LogP contribution is -2.48. The zero-order chi connectivity index (χ0) is 13.1. The van der Waals surface area contributed by atoms with E-state index in [1.165, 1.54) is 5.56 Å². The number of benzene rings is 1. The maximum atomic E-state index is 11.1. The molecule has 0 bridgehead atoms. The Bertz CT molecular complexity index is 445. The van der Waals surface area contributed by atoms with Crippen molar-refractivity contribution in [3.63, 3.8) is 0 Å². The van der Waals surface area contributed by atoms with Gasteiger partial charge in [0.05, 0.1) is 0 Å². The number of carbonyl (C=O) groups is 1. The number of rotatable bonds is 3. The van der Waals surface area contributed by atoms with E-state index in [2.05, 4.69) is 17.1 Å². The maximum absolute atomic E-state index is 11.1. The van der Waals surface area contributed by atoms with Gasteiger partial charge in [0.1, 0.15) is 0 Å². The second kappa shape index (κ2) is 5.50. The molecule has 0 radical (unpaired) electrons. The third kappa shape index (κ3) is 3.09. The fourth-order valence-electron chi connectivity index (χ4n) is 2.42. The Morgan fingerprint density at radius 2 is 2.33 bits per heavy atom. The number of hydrogen-bond acceptors (Lipinski definition) is 3. The van der Waals surface area contributed by atoms with Crippen molar-refractivity contribution >= 4 is 5.91 Å². The fraction of sp³-hybridized carbons (Fsp3) is 0.500. The van der Waals surface area contributed by atoms with Crippen molar-refractivity contribution in [1.82, 2.24) is 10.2 Å². The predicted molar refractivity (Wildman–Crippen MR) is 72.4 cm³/mol. The van der Waals surface area contributed by atoms with Gasteiger partial charge in [0.25, 0.3) is 0 Å². The SMILES string of the molecule is Cc1cc(C(N)=O)ccc1CN1CCN[C@@H](C)C1. The van der Waals surface area contributed by atoms with Crippen LogP contribution >= 0.6 is 0 Å². The highest BCUT2D eigenvalue weighted by molar-refractivity contribution is 5.93. The van der Waals surface area contributed by atoms with Crippen molar-refractivity contribution in [3.05, 3.63) is 34.9 Å². The quantitative estimate of drug-likeness (QED) is 0.834. The summed E-state index contributed by atoms with van der Waals surface area (Å²) >= 11 is 0. The maximum Gasteiger partial charge on any atom is 0.248 e. The van der Waals surface area contributed by atoms with Crippen LogP contribution in [0.25, 0.3) is 0 Å². The Labute approximate surface area is 108 Å². The molecule has 98 valence electrons. The number of primary amides is 1. The molecule has 0 unspecified atom stereocenters. The molecule has 3 N–H and O–H groups in total. The molecule has 1 saturated heterocycles. The van der Waals surface area contributed by atoms with Crippen LogP contribution in [-0.2, 0) is 6.54 Å². The molecule has 1 aromatic rings. The summed E-state index contributed by atoms with van der Waals surface area (Å²) < 4.78 is 0. The van der Waals surface area contributed by atoms with E-state index in [-0.39, 0.29) is 5.91 Å². The third-order valence-corrected chi connectivity index (χ3v) is 3.47. The van der Waals surface area contributed by atoms with Crippen LogP contribution in [-0.4, -0.2) is 36.5 Å².